The third-order valence-corrected chi connectivity index (χ3v) is 2.04. The van der Waals surface area contributed by atoms with E-state index in [0.29, 0.717) is 0 Å². The van der Waals surface area contributed by atoms with E-state index in [1.54, 1.807) is 20.8 Å². The highest BCUT2D eigenvalue weighted by Gasteiger charge is 2.14. The van der Waals surface area contributed by atoms with Crippen molar-refractivity contribution in [3.05, 3.63) is 33.2 Å². The predicted molar refractivity (Wildman–Crippen MR) is 73.2 cm³/mol. The van der Waals surface area contributed by atoms with Crippen LogP contribution in [0.1, 0.15) is 26.3 Å². The van der Waals surface area contributed by atoms with Crippen LogP contribution in [0.3, 0.4) is 0 Å². The maximum absolute atomic E-state index is 11.4. The lowest BCUT2D eigenvalue weighted by Gasteiger charge is -2.18. The Morgan fingerprint density at radius 2 is 2.21 bits per heavy atom. The smallest absolute Gasteiger partial charge is 0.408 e. The van der Waals surface area contributed by atoms with Crippen molar-refractivity contribution in [3.8, 4) is 11.8 Å². The molecule has 0 atom stereocenters. The highest BCUT2D eigenvalue weighted by molar-refractivity contribution is 6.29. The Kier molecular flexibility index (Phi) is 5.02. The third kappa shape index (κ3) is 5.98. The van der Waals surface area contributed by atoms with Gasteiger partial charge < -0.3 is 15.0 Å². The lowest BCUT2D eigenvalue weighted by Crippen LogP contribution is -2.32. The fourth-order valence-electron chi connectivity index (χ4n) is 1.11. The number of amides is 1. The van der Waals surface area contributed by atoms with Gasteiger partial charge in [-0.2, -0.15) is 0 Å². The van der Waals surface area contributed by atoms with Crippen molar-refractivity contribution in [2.75, 3.05) is 6.54 Å². The SMILES string of the molecule is CC(C)(C)OC(=O)NCC#Cc1c[nH]c(Cl)cc1=O. The van der Waals surface area contributed by atoms with Crippen molar-refractivity contribution >= 4 is 17.7 Å². The van der Waals surface area contributed by atoms with E-state index in [4.69, 9.17) is 16.3 Å². The van der Waals surface area contributed by atoms with Crippen LogP contribution in [0.15, 0.2) is 17.1 Å². The van der Waals surface area contributed by atoms with Crippen LogP contribution in [0.4, 0.5) is 4.79 Å². The van der Waals surface area contributed by atoms with Gasteiger partial charge in [0.15, 0.2) is 5.43 Å². The van der Waals surface area contributed by atoms with Gasteiger partial charge in [-0.1, -0.05) is 23.4 Å². The molecule has 0 saturated carbocycles. The average molecular weight is 283 g/mol. The number of hydrogen-bond donors (Lipinski definition) is 2. The molecule has 1 heterocycles. The third-order valence-electron chi connectivity index (χ3n) is 1.82. The molecule has 0 fully saturated rings. The zero-order valence-electron chi connectivity index (χ0n) is 11.0. The van der Waals surface area contributed by atoms with Crippen molar-refractivity contribution in [1.82, 2.24) is 10.3 Å². The Balaban J connectivity index is 2.52. The first-order valence-electron chi connectivity index (χ1n) is 5.62. The number of pyridine rings is 1. The van der Waals surface area contributed by atoms with Gasteiger partial charge in [0.2, 0.25) is 0 Å². The molecule has 2 N–H and O–H groups in total. The average Bonchev–Trinajstić information content (AvgIpc) is 2.24. The quantitative estimate of drug-likeness (QED) is 0.610. The fraction of sp³-hybridized carbons (Fsp3) is 0.385. The van der Waals surface area contributed by atoms with Gasteiger partial charge in [-0.3, -0.25) is 4.79 Å². The molecular formula is C13H15ClN2O3. The van der Waals surface area contributed by atoms with Gasteiger partial charge >= 0.3 is 6.09 Å². The standard InChI is InChI=1S/C13H15ClN2O3/c1-13(2,3)19-12(18)15-6-4-5-9-8-16-11(14)7-10(9)17/h7-8H,6H2,1-3H3,(H,15,18)(H,16,17). The fourth-order valence-corrected chi connectivity index (χ4v) is 1.27. The minimum Gasteiger partial charge on any atom is -0.444 e. The minimum atomic E-state index is -0.551. The lowest BCUT2D eigenvalue weighted by molar-refractivity contribution is 0.0535. The molecule has 0 aromatic carbocycles. The van der Waals surface area contributed by atoms with Crippen LogP contribution < -0.4 is 10.7 Å². The topological polar surface area (TPSA) is 71.2 Å². The Morgan fingerprint density at radius 3 is 2.79 bits per heavy atom. The van der Waals surface area contributed by atoms with Gasteiger partial charge in [-0.25, -0.2) is 4.79 Å². The molecule has 0 unspecified atom stereocenters. The van der Waals surface area contributed by atoms with Crippen molar-refractivity contribution in [3.63, 3.8) is 0 Å². The molecule has 102 valence electrons. The van der Waals surface area contributed by atoms with Crippen LogP contribution in [-0.4, -0.2) is 23.2 Å². The van der Waals surface area contributed by atoms with Crippen molar-refractivity contribution in [2.24, 2.45) is 0 Å². The summed E-state index contributed by atoms with van der Waals surface area (Å²) in [5, 5.41) is 2.72. The molecular weight excluding hydrogens is 268 g/mol. The predicted octanol–water partition coefficient (Wildman–Crippen LogP) is 1.90. The largest absolute Gasteiger partial charge is 0.444 e. The van der Waals surface area contributed by atoms with E-state index in [9.17, 15) is 9.59 Å². The lowest BCUT2D eigenvalue weighted by atomic mass is 10.2. The van der Waals surface area contributed by atoms with Crippen molar-refractivity contribution in [2.45, 2.75) is 26.4 Å². The number of carbonyl (C=O) groups excluding carboxylic acids is 1. The van der Waals surface area contributed by atoms with Gasteiger partial charge in [-0.15, -0.1) is 0 Å². The highest BCUT2D eigenvalue weighted by Crippen LogP contribution is 2.05. The minimum absolute atomic E-state index is 0.0942. The zero-order valence-corrected chi connectivity index (χ0v) is 11.7. The summed E-state index contributed by atoms with van der Waals surface area (Å²) in [7, 11) is 0. The number of rotatable bonds is 1. The number of halogens is 1. The summed E-state index contributed by atoms with van der Waals surface area (Å²) in [5.41, 5.74) is -0.533. The number of alkyl carbamates (subject to hydrolysis) is 1. The first-order chi connectivity index (χ1) is 8.78. The first kappa shape index (κ1) is 15.1. The van der Waals surface area contributed by atoms with E-state index in [1.807, 2.05) is 0 Å². The Hall–Kier alpha value is -1.93. The molecule has 1 aromatic heterocycles. The number of hydrogen-bond acceptors (Lipinski definition) is 3. The van der Waals surface area contributed by atoms with E-state index >= 15 is 0 Å². The second-order valence-corrected chi connectivity index (χ2v) is 5.12. The van der Waals surface area contributed by atoms with E-state index in [1.165, 1.54) is 12.3 Å². The Bertz CT molecular complexity index is 576. The molecule has 19 heavy (non-hydrogen) atoms. The monoisotopic (exact) mass is 282 g/mol. The number of H-pyrrole nitrogens is 1. The molecule has 0 aliphatic rings. The molecule has 1 amide bonds. The zero-order chi connectivity index (χ0) is 14.5. The Labute approximate surface area is 116 Å². The summed E-state index contributed by atoms with van der Waals surface area (Å²) in [5.74, 6) is 5.29. The second-order valence-electron chi connectivity index (χ2n) is 4.72. The summed E-state index contributed by atoms with van der Waals surface area (Å²) in [6, 6.07) is 1.24. The van der Waals surface area contributed by atoms with E-state index in [0.717, 1.165) is 0 Å². The molecule has 0 aliphatic heterocycles. The normalized spacial score (nSPS) is 10.3. The number of carbonyl (C=O) groups is 1. The maximum Gasteiger partial charge on any atom is 0.408 e. The van der Waals surface area contributed by atoms with Crippen molar-refractivity contribution < 1.29 is 9.53 Å². The van der Waals surface area contributed by atoms with Gasteiger partial charge in [-0.05, 0) is 20.8 Å². The molecule has 0 radical (unpaired) electrons. The van der Waals surface area contributed by atoms with Gasteiger partial charge in [0.25, 0.3) is 0 Å². The summed E-state index contributed by atoms with van der Waals surface area (Å²) in [4.78, 5) is 25.4. The summed E-state index contributed by atoms with van der Waals surface area (Å²) < 4.78 is 5.03. The molecule has 0 spiro atoms. The van der Waals surface area contributed by atoms with E-state index in [-0.39, 0.29) is 22.7 Å². The van der Waals surface area contributed by atoms with Crippen LogP contribution in [-0.2, 0) is 4.74 Å². The molecule has 1 aromatic rings. The maximum atomic E-state index is 11.4. The summed E-state index contributed by atoms with van der Waals surface area (Å²) in [6.07, 6.45) is 0.873. The van der Waals surface area contributed by atoms with Gasteiger partial charge in [0.1, 0.15) is 10.8 Å². The highest BCUT2D eigenvalue weighted by atomic mass is 35.5. The molecule has 0 bridgehead atoms. The van der Waals surface area contributed by atoms with E-state index < -0.39 is 11.7 Å². The van der Waals surface area contributed by atoms with Crippen LogP contribution >= 0.6 is 11.6 Å². The number of aromatic amines is 1. The summed E-state index contributed by atoms with van der Waals surface area (Å²) >= 11 is 5.60. The van der Waals surface area contributed by atoms with Crippen LogP contribution in [0.25, 0.3) is 0 Å². The molecule has 0 saturated heterocycles. The second kappa shape index (κ2) is 6.30. The number of ether oxygens (including phenoxy) is 1. The van der Waals surface area contributed by atoms with Crippen molar-refractivity contribution in [1.29, 1.82) is 0 Å². The first-order valence-corrected chi connectivity index (χ1v) is 6.00. The van der Waals surface area contributed by atoms with Crippen LogP contribution in [0, 0.1) is 11.8 Å². The summed E-state index contributed by atoms with van der Waals surface area (Å²) in [6.45, 7) is 5.40. The van der Waals surface area contributed by atoms with Crippen LogP contribution in [0.5, 0.6) is 0 Å². The van der Waals surface area contributed by atoms with E-state index in [2.05, 4.69) is 22.1 Å². The van der Waals surface area contributed by atoms with Gasteiger partial charge in [0.05, 0.1) is 12.1 Å². The molecule has 6 heteroatoms. The molecule has 5 nitrogen and oxygen atoms in total. The number of nitrogens with one attached hydrogen (secondary N) is 2. The van der Waals surface area contributed by atoms with Gasteiger partial charge in [0, 0.05) is 12.3 Å². The molecule has 0 aliphatic carbocycles. The molecule has 1 rings (SSSR count). The Morgan fingerprint density at radius 1 is 1.53 bits per heavy atom. The van der Waals surface area contributed by atoms with Crippen LogP contribution in [0.2, 0.25) is 5.15 Å². The number of aromatic nitrogens is 1.